The zero-order chi connectivity index (χ0) is 19.5. The third-order valence-corrected chi connectivity index (χ3v) is 4.29. The molecule has 0 bridgehead atoms. The molecule has 0 saturated heterocycles. The number of benzene rings is 2. The molecule has 2 heterocycles. The molecule has 0 aliphatic heterocycles. The number of halogens is 2. The summed E-state index contributed by atoms with van der Waals surface area (Å²) in [6.45, 7) is 0. The topological polar surface area (TPSA) is 59.8 Å². The second-order valence-corrected chi connectivity index (χ2v) is 6.45. The van der Waals surface area contributed by atoms with Gasteiger partial charge in [-0.15, -0.1) is 0 Å². The Labute approximate surface area is 165 Å². The summed E-state index contributed by atoms with van der Waals surface area (Å²) in [5.41, 5.74) is 2.85. The Balaban J connectivity index is 1.74. The lowest BCUT2D eigenvalue weighted by atomic mass is 10.2. The molecule has 138 valence electrons. The van der Waals surface area contributed by atoms with Crippen molar-refractivity contribution in [1.29, 1.82) is 0 Å². The second-order valence-electron chi connectivity index (χ2n) is 6.01. The van der Waals surface area contributed by atoms with Gasteiger partial charge >= 0.3 is 0 Å². The van der Waals surface area contributed by atoms with Crippen molar-refractivity contribution in [2.75, 3.05) is 5.32 Å². The number of amides is 1. The van der Waals surface area contributed by atoms with E-state index in [9.17, 15) is 9.18 Å². The first-order valence-electron chi connectivity index (χ1n) is 8.43. The molecule has 5 nitrogen and oxygen atoms in total. The van der Waals surface area contributed by atoms with Crippen LogP contribution in [0.2, 0.25) is 5.02 Å². The van der Waals surface area contributed by atoms with E-state index in [4.69, 9.17) is 11.6 Å². The highest BCUT2D eigenvalue weighted by molar-refractivity contribution is 6.30. The summed E-state index contributed by atoms with van der Waals surface area (Å²) in [4.78, 5) is 16.8. The van der Waals surface area contributed by atoms with Crippen LogP contribution < -0.4 is 5.32 Å². The van der Waals surface area contributed by atoms with Crippen molar-refractivity contribution in [3.05, 3.63) is 95.7 Å². The van der Waals surface area contributed by atoms with Gasteiger partial charge in [0.2, 0.25) is 0 Å². The lowest BCUT2D eigenvalue weighted by Gasteiger charge is -2.07. The number of hydrogen-bond acceptors (Lipinski definition) is 3. The summed E-state index contributed by atoms with van der Waals surface area (Å²) in [5.74, 6) is -0.731. The van der Waals surface area contributed by atoms with E-state index in [-0.39, 0.29) is 17.4 Å². The number of nitrogens with zero attached hydrogens (tertiary/aromatic N) is 3. The van der Waals surface area contributed by atoms with Crippen LogP contribution in [0.5, 0.6) is 0 Å². The molecule has 28 heavy (non-hydrogen) atoms. The molecule has 0 unspecified atom stereocenters. The van der Waals surface area contributed by atoms with Gasteiger partial charge in [0.15, 0.2) is 5.69 Å². The van der Waals surface area contributed by atoms with E-state index >= 15 is 0 Å². The third-order valence-electron chi connectivity index (χ3n) is 4.05. The van der Waals surface area contributed by atoms with E-state index in [1.807, 2.05) is 6.07 Å². The first kappa shape index (κ1) is 17.9. The molecule has 2 aromatic heterocycles. The molecule has 0 spiro atoms. The van der Waals surface area contributed by atoms with Gasteiger partial charge in [0.05, 0.1) is 11.4 Å². The molecule has 4 rings (SSSR count). The van der Waals surface area contributed by atoms with E-state index in [0.29, 0.717) is 22.1 Å². The van der Waals surface area contributed by atoms with E-state index < -0.39 is 0 Å². The molecule has 0 aliphatic carbocycles. The Morgan fingerprint density at radius 2 is 1.86 bits per heavy atom. The number of hydrogen-bond donors (Lipinski definition) is 1. The van der Waals surface area contributed by atoms with Crippen LogP contribution in [0.25, 0.3) is 16.9 Å². The molecular formula is C21H14ClFN4O. The predicted molar refractivity (Wildman–Crippen MR) is 106 cm³/mol. The Kier molecular flexibility index (Phi) is 4.87. The van der Waals surface area contributed by atoms with Gasteiger partial charge in [0, 0.05) is 28.7 Å². The Morgan fingerprint density at radius 3 is 2.57 bits per heavy atom. The van der Waals surface area contributed by atoms with Crippen LogP contribution in [0.4, 0.5) is 10.1 Å². The highest BCUT2D eigenvalue weighted by atomic mass is 35.5. The lowest BCUT2D eigenvalue weighted by Crippen LogP contribution is -2.13. The Morgan fingerprint density at radius 1 is 1.04 bits per heavy atom. The van der Waals surface area contributed by atoms with Gasteiger partial charge < -0.3 is 5.32 Å². The predicted octanol–water partition coefficient (Wildman–Crippen LogP) is 4.98. The first-order chi connectivity index (χ1) is 13.6. The second kappa shape index (κ2) is 7.62. The summed E-state index contributed by atoms with van der Waals surface area (Å²) in [6.07, 6.45) is 3.34. The SMILES string of the molecule is O=C(Nc1cccc(Cl)c1)c1cc(-c2cccnc2)n(-c2ccc(F)cc2)n1. The highest BCUT2D eigenvalue weighted by Crippen LogP contribution is 2.24. The van der Waals surface area contributed by atoms with Gasteiger partial charge in [-0.3, -0.25) is 9.78 Å². The van der Waals surface area contributed by atoms with Crippen LogP contribution in [-0.2, 0) is 0 Å². The molecule has 7 heteroatoms. The van der Waals surface area contributed by atoms with Crippen molar-refractivity contribution >= 4 is 23.2 Å². The third kappa shape index (κ3) is 3.77. The average molecular weight is 393 g/mol. The molecule has 1 amide bonds. The minimum atomic E-state index is -0.381. The lowest BCUT2D eigenvalue weighted by molar-refractivity contribution is 0.102. The number of carbonyl (C=O) groups excluding carboxylic acids is 1. The molecular weight excluding hydrogens is 379 g/mol. The van der Waals surface area contributed by atoms with E-state index in [2.05, 4.69) is 15.4 Å². The fourth-order valence-electron chi connectivity index (χ4n) is 2.75. The van der Waals surface area contributed by atoms with Crippen molar-refractivity contribution in [1.82, 2.24) is 14.8 Å². The number of rotatable bonds is 4. The monoisotopic (exact) mass is 392 g/mol. The fraction of sp³-hybridized carbons (Fsp3) is 0. The maximum Gasteiger partial charge on any atom is 0.276 e. The van der Waals surface area contributed by atoms with Crippen molar-refractivity contribution in [2.45, 2.75) is 0 Å². The molecule has 0 fully saturated rings. The zero-order valence-electron chi connectivity index (χ0n) is 14.5. The largest absolute Gasteiger partial charge is 0.321 e. The highest BCUT2D eigenvalue weighted by Gasteiger charge is 2.17. The summed E-state index contributed by atoms with van der Waals surface area (Å²) in [7, 11) is 0. The molecule has 0 aliphatic rings. The summed E-state index contributed by atoms with van der Waals surface area (Å²) in [5, 5.41) is 7.72. The van der Waals surface area contributed by atoms with Crippen molar-refractivity contribution in [3.8, 4) is 16.9 Å². The van der Waals surface area contributed by atoms with Gasteiger partial charge in [-0.2, -0.15) is 5.10 Å². The van der Waals surface area contributed by atoms with Crippen LogP contribution >= 0.6 is 11.6 Å². The van der Waals surface area contributed by atoms with Crippen LogP contribution in [-0.4, -0.2) is 20.7 Å². The van der Waals surface area contributed by atoms with Crippen molar-refractivity contribution in [3.63, 3.8) is 0 Å². The fourth-order valence-corrected chi connectivity index (χ4v) is 2.94. The Hall–Kier alpha value is -3.51. The smallest absolute Gasteiger partial charge is 0.276 e. The maximum atomic E-state index is 13.3. The van der Waals surface area contributed by atoms with Crippen LogP contribution in [0.1, 0.15) is 10.5 Å². The van der Waals surface area contributed by atoms with Crippen LogP contribution in [0, 0.1) is 5.82 Å². The van der Waals surface area contributed by atoms with Crippen molar-refractivity contribution in [2.24, 2.45) is 0 Å². The van der Waals surface area contributed by atoms with Gasteiger partial charge in [-0.05, 0) is 60.7 Å². The molecule has 4 aromatic rings. The summed E-state index contributed by atoms with van der Waals surface area (Å²) >= 11 is 5.97. The molecule has 0 radical (unpaired) electrons. The number of aromatic nitrogens is 3. The van der Waals surface area contributed by atoms with Crippen molar-refractivity contribution < 1.29 is 9.18 Å². The van der Waals surface area contributed by atoms with Gasteiger partial charge in [-0.1, -0.05) is 17.7 Å². The summed E-state index contributed by atoms with van der Waals surface area (Å²) in [6, 6.07) is 18.1. The summed E-state index contributed by atoms with van der Waals surface area (Å²) < 4.78 is 14.9. The number of anilines is 1. The standard InChI is InChI=1S/C21H14ClFN4O/c22-15-4-1-5-17(11-15)25-21(28)19-12-20(14-3-2-10-24-13-14)27(26-19)18-8-6-16(23)7-9-18/h1-13H,(H,25,28). The molecule has 0 saturated carbocycles. The normalized spacial score (nSPS) is 10.6. The van der Waals surface area contributed by atoms with Gasteiger partial charge in [0.1, 0.15) is 5.82 Å². The molecule has 0 atom stereocenters. The first-order valence-corrected chi connectivity index (χ1v) is 8.81. The maximum absolute atomic E-state index is 13.3. The number of pyridine rings is 1. The van der Waals surface area contributed by atoms with Crippen LogP contribution in [0.3, 0.4) is 0 Å². The van der Waals surface area contributed by atoms with E-state index in [1.165, 1.54) is 12.1 Å². The quantitative estimate of drug-likeness (QED) is 0.533. The van der Waals surface area contributed by atoms with E-state index in [1.54, 1.807) is 65.6 Å². The molecule has 2 aromatic carbocycles. The number of nitrogens with one attached hydrogen (secondary N) is 1. The number of carbonyl (C=O) groups is 1. The Bertz CT molecular complexity index is 1130. The minimum absolute atomic E-state index is 0.211. The van der Waals surface area contributed by atoms with Crippen LogP contribution in [0.15, 0.2) is 79.1 Å². The van der Waals surface area contributed by atoms with Gasteiger partial charge in [-0.25, -0.2) is 9.07 Å². The minimum Gasteiger partial charge on any atom is -0.321 e. The zero-order valence-corrected chi connectivity index (χ0v) is 15.3. The average Bonchev–Trinajstić information content (AvgIpc) is 3.15. The molecule has 1 N–H and O–H groups in total. The van der Waals surface area contributed by atoms with Gasteiger partial charge in [0.25, 0.3) is 5.91 Å². The van der Waals surface area contributed by atoms with E-state index in [0.717, 1.165) is 5.56 Å².